The Morgan fingerprint density at radius 2 is 1.62 bits per heavy atom. The Morgan fingerprint density at radius 1 is 0.958 bits per heavy atom. The second-order valence-electron chi connectivity index (χ2n) is 6.56. The summed E-state index contributed by atoms with van der Waals surface area (Å²) in [5.41, 5.74) is 5.04. The molecule has 0 unspecified atom stereocenters. The number of hydrogen-bond acceptors (Lipinski definition) is 2. The van der Waals surface area contributed by atoms with Crippen LogP contribution >= 0.6 is 0 Å². The number of nitrogens with zero attached hydrogens (tertiary/aromatic N) is 2. The molecule has 1 aliphatic heterocycles. The highest BCUT2D eigenvalue weighted by Crippen LogP contribution is 2.21. The first-order chi connectivity index (χ1) is 11.7. The largest absolute Gasteiger partial charge is 0.368 e. The summed E-state index contributed by atoms with van der Waals surface area (Å²) >= 11 is 0. The van der Waals surface area contributed by atoms with Crippen LogP contribution in [-0.4, -0.2) is 36.9 Å². The van der Waals surface area contributed by atoms with Crippen molar-refractivity contribution in [2.45, 2.75) is 26.7 Å². The van der Waals surface area contributed by atoms with Gasteiger partial charge in [-0.25, -0.2) is 0 Å². The molecule has 2 aromatic carbocycles. The normalized spacial score (nSPS) is 14.8. The zero-order chi connectivity index (χ0) is 16.9. The van der Waals surface area contributed by atoms with Crippen molar-refractivity contribution in [1.82, 2.24) is 4.90 Å². The Hall–Kier alpha value is -2.29. The molecule has 1 aliphatic rings. The van der Waals surface area contributed by atoms with Crippen LogP contribution in [0.15, 0.2) is 48.5 Å². The molecule has 1 N–H and O–H groups in total. The van der Waals surface area contributed by atoms with Gasteiger partial charge in [-0.15, -0.1) is 0 Å². The molecule has 1 fully saturated rings. The summed E-state index contributed by atoms with van der Waals surface area (Å²) in [6, 6.07) is 17.1. The van der Waals surface area contributed by atoms with Crippen molar-refractivity contribution in [2.75, 3.05) is 31.1 Å². The molecule has 0 amide bonds. The lowest BCUT2D eigenvalue weighted by Gasteiger charge is -2.38. The number of piperazine rings is 1. The number of amidine groups is 1. The number of nitrogens with one attached hydrogen (secondary N) is 1. The van der Waals surface area contributed by atoms with Gasteiger partial charge in [-0.1, -0.05) is 55.8 Å². The maximum Gasteiger partial charge on any atom is 0.128 e. The molecule has 0 saturated carbocycles. The molecule has 0 radical (unpaired) electrons. The predicted molar refractivity (Wildman–Crippen MR) is 102 cm³/mol. The van der Waals surface area contributed by atoms with Crippen molar-refractivity contribution in [3.05, 3.63) is 65.2 Å². The molecule has 24 heavy (non-hydrogen) atoms. The van der Waals surface area contributed by atoms with Crippen LogP contribution in [0.25, 0.3) is 0 Å². The van der Waals surface area contributed by atoms with E-state index in [1.54, 1.807) is 0 Å². The molecule has 126 valence electrons. The van der Waals surface area contributed by atoms with Crippen molar-refractivity contribution >= 4 is 11.5 Å². The zero-order valence-corrected chi connectivity index (χ0v) is 14.8. The molecule has 0 aromatic heterocycles. The van der Waals surface area contributed by atoms with Crippen LogP contribution in [0, 0.1) is 12.3 Å². The van der Waals surface area contributed by atoms with Crippen LogP contribution < -0.4 is 4.90 Å². The third kappa shape index (κ3) is 3.61. The first-order valence-electron chi connectivity index (χ1n) is 8.92. The van der Waals surface area contributed by atoms with Crippen molar-refractivity contribution in [2.24, 2.45) is 0 Å². The highest BCUT2D eigenvalue weighted by Gasteiger charge is 2.20. The monoisotopic (exact) mass is 321 g/mol. The number of para-hydroxylation sites is 1. The van der Waals surface area contributed by atoms with Gasteiger partial charge < -0.3 is 9.80 Å². The molecule has 3 nitrogen and oxygen atoms in total. The average molecular weight is 321 g/mol. The maximum absolute atomic E-state index is 8.52. The first kappa shape index (κ1) is 16.6. The standard InChI is InChI=1S/C21H27N3/c1-3-6-18-9-11-19(12-10-18)21(22)24-15-13-23(14-16-24)20-8-5-4-7-17(20)2/h4-5,7-12,22H,3,6,13-16H2,1-2H3. The fourth-order valence-electron chi connectivity index (χ4n) is 3.39. The minimum atomic E-state index is 0.655. The SMILES string of the molecule is CCCc1ccc(C(=N)N2CCN(c3ccccc3C)CC2)cc1. The van der Waals surface area contributed by atoms with Crippen LogP contribution in [0.2, 0.25) is 0 Å². The highest BCUT2D eigenvalue weighted by atomic mass is 15.3. The summed E-state index contributed by atoms with van der Waals surface area (Å²) < 4.78 is 0. The summed E-state index contributed by atoms with van der Waals surface area (Å²) in [5.74, 6) is 0.655. The lowest BCUT2D eigenvalue weighted by atomic mass is 10.1. The van der Waals surface area contributed by atoms with Gasteiger partial charge >= 0.3 is 0 Å². The third-order valence-corrected chi connectivity index (χ3v) is 4.82. The minimum Gasteiger partial charge on any atom is -0.368 e. The smallest absolute Gasteiger partial charge is 0.128 e. The average Bonchev–Trinajstić information content (AvgIpc) is 2.63. The summed E-state index contributed by atoms with van der Waals surface area (Å²) in [5, 5.41) is 8.52. The summed E-state index contributed by atoms with van der Waals surface area (Å²) in [6.45, 7) is 8.13. The van der Waals surface area contributed by atoms with Gasteiger partial charge in [-0.2, -0.15) is 0 Å². The number of anilines is 1. The molecule has 0 atom stereocenters. The van der Waals surface area contributed by atoms with Gasteiger partial charge in [0.05, 0.1) is 0 Å². The van der Waals surface area contributed by atoms with E-state index in [-0.39, 0.29) is 0 Å². The number of benzene rings is 2. The van der Waals surface area contributed by atoms with E-state index in [1.807, 2.05) is 0 Å². The fraction of sp³-hybridized carbons (Fsp3) is 0.381. The molecule has 1 saturated heterocycles. The lowest BCUT2D eigenvalue weighted by molar-refractivity contribution is 0.384. The van der Waals surface area contributed by atoms with Crippen LogP contribution in [0.1, 0.15) is 30.0 Å². The highest BCUT2D eigenvalue weighted by molar-refractivity contribution is 5.96. The van der Waals surface area contributed by atoms with E-state index in [9.17, 15) is 0 Å². The molecular weight excluding hydrogens is 294 g/mol. The van der Waals surface area contributed by atoms with E-state index >= 15 is 0 Å². The molecule has 3 rings (SSSR count). The second-order valence-corrected chi connectivity index (χ2v) is 6.56. The quantitative estimate of drug-likeness (QED) is 0.679. The Bertz CT molecular complexity index is 682. The molecule has 0 bridgehead atoms. The van der Waals surface area contributed by atoms with E-state index in [4.69, 9.17) is 5.41 Å². The number of aryl methyl sites for hydroxylation is 2. The molecule has 0 spiro atoms. The van der Waals surface area contributed by atoms with Crippen LogP contribution in [0.3, 0.4) is 0 Å². The topological polar surface area (TPSA) is 30.3 Å². The van der Waals surface area contributed by atoms with E-state index < -0.39 is 0 Å². The van der Waals surface area contributed by atoms with Gasteiger partial charge in [0.25, 0.3) is 0 Å². The van der Waals surface area contributed by atoms with E-state index in [0.717, 1.165) is 44.6 Å². The Balaban J connectivity index is 1.62. The van der Waals surface area contributed by atoms with Gasteiger partial charge in [0, 0.05) is 37.4 Å². The van der Waals surface area contributed by atoms with E-state index in [0.29, 0.717) is 5.84 Å². The molecule has 1 heterocycles. The number of hydrogen-bond donors (Lipinski definition) is 1. The van der Waals surface area contributed by atoms with Gasteiger partial charge in [0.2, 0.25) is 0 Å². The summed E-state index contributed by atoms with van der Waals surface area (Å²) in [4.78, 5) is 4.63. The molecule has 2 aromatic rings. The van der Waals surface area contributed by atoms with Crippen molar-refractivity contribution in [3.63, 3.8) is 0 Å². The Kier molecular flexibility index (Phi) is 5.19. The van der Waals surface area contributed by atoms with Crippen LogP contribution in [-0.2, 0) is 6.42 Å². The van der Waals surface area contributed by atoms with Gasteiger partial charge in [-0.3, -0.25) is 5.41 Å². The minimum absolute atomic E-state index is 0.655. The molecule has 0 aliphatic carbocycles. The maximum atomic E-state index is 8.52. The van der Waals surface area contributed by atoms with Crippen molar-refractivity contribution in [1.29, 1.82) is 5.41 Å². The Labute approximate surface area is 145 Å². The third-order valence-electron chi connectivity index (χ3n) is 4.82. The zero-order valence-electron chi connectivity index (χ0n) is 14.8. The predicted octanol–water partition coefficient (Wildman–Crippen LogP) is 4.10. The van der Waals surface area contributed by atoms with Crippen molar-refractivity contribution in [3.8, 4) is 0 Å². The van der Waals surface area contributed by atoms with Crippen LogP contribution in [0.4, 0.5) is 5.69 Å². The summed E-state index contributed by atoms with van der Waals surface area (Å²) in [6.07, 6.45) is 2.28. The number of rotatable bonds is 4. The lowest BCUT2D eigenvalue weighted by Crippen LogP contribution is -2.49. The molecular formula is C21H27N3. The van der Waals surface area contributed by atoms with Crippen molar-refractivity contribution < 1.29 is 0 Å². The second kappa shape index (κ2) is 7.52. The van der Waals surface area contributed by atoms with Gasteiger partial charge in [0.1, 0.15) is 5.84 Å². The van der Waals surface area contributed by atoms with E-state index in [2.05, 4.69) is 72.2 Å². The summed E-state index contributed by atoms with van der Waals surface area (Å²) in [7, 11) is 0. The Morgan fingerprint density at radius 3 is 2.25 bits per heavy atom. The van der Waals surface area contributed by atoms with E-state index in [1.165, 1.54) is 16.8 Å². The van der Waals surface area contributed by atoms with Crippen LogP contribution in [0.5, 0.6) is 0 Å². The molecule has 3 heteroatoms. The first-order valence-corrected chi connectivity index (χ1v) is 8.92. The fourth-order valence-corrected chi connectivity index (χ4v) is 3.39. The van der Waals surface area contributed by atoms with Gasteiger partial charge in [0.15, 0.2) is 0 Å². The van der Waals surface area contributed by atoms with Gasteiger partial charge in [-0.05, 0) is 30.5 Å².